The fourth-order valence-corrected chi connectivity index (χ4v) is 3.80. The Labute approximate surface area is 196 Å². The maximum atomic E-state index is 12.9. The summed E-state index contributed by atoms with van der Waals surface area (Å²) in [6.45, 7) is 0. The van der Waals surface area contributed by atoms with Crippen LogP contribution in [0, 0.1) is 0 Å². The molecule has 3 aromatic rings. The van der Waals surface area contributed by atoms with E-state index in [0.717, 1.165) is 11.1 Å². The Bertz CT molecular complexity index is 1370. The van der Waals surface area contributed by atoms with Crippen LogP contribution in [-0.2, 0) is 9.53 Å². The molecule has 2 aliphatic rings. The Morgan fingerprint density at radius 3 is 2.24 bits per heavy atom. The Hall–Kier alpha value is -4.52. The fraction of sp³-hybridized carbons (Fsp3) is 0.111. The molecule has 170 valence electrons. The van der Waals surface area contributed by atoms with E-state index in [0.29, 0.717) is 39.9 Å². The molecule has 0 bridgehead atoms. The van der Waals surface area contributed by atoms with E-state index >= 15 is 0 Å². The summed E-state index contributed by atoms with van der Waals surface area (Å²) >= 11 is 0. The summed E-state index contributed by atoms with van der Waals surface area (Å²) in [5.74, 6) is 2.74. The fourth-order valence-electron chi connectivity index (χ4n) is 3.80. The van der Waals surface area contributed by atoms with Crippen LogP contribution in [0.5, 0.6) is 23.0 Å². The number of allylic oxidation sites excluding steroid dienone is 2. The lowest BCUT2D eigenvalue weighted by Crippen LogP contribution is -2.08. The van der Waals surface area contributed by atoms with E-state index < -0.39 is 5.97 Å². The number of carbonyl (C=O) groups excluding carboxylic acids is 1. The third-order valence-corrected chi connectivity index (χ3v) is 5.53. The van der Waals surface area contributed by atoms with Gasteiger partial charge in [-0.25, -0.2) is 9.79 Å². The predicted molar refractivity (Wildman–Crippen MR) is 127 cm³/mol. The van der Waals surface area contributed by atoms with Gasteiger partial charge in [0, 0.05) is 22.3 Å². The molecule has 7 heteroatoms. The largest absolute Gasteiger partial charge is 0.497 e. The summed E-state index contributed by atoms with van der Waals surface area (Å²) in [5, 5.41) is 0. The molecule has 0 fully saturated rings. The highest BCUT2D eigenvalue weighted by atomic mass is 16.6. The Kier molecular flexibility index (Phi) is 5.51. The quantitative estimate of drug-likeness (QED) is 0.404. The first-order chi connectivity index (χ1) is 16.6. The predicted octanol–water partition coefficient (Wildman–Crippen LogP) is 4.86. The van der Waals surface area contributed by atoms with Crippen LogP contribution in [0.2, 0.25) is 0 Å². The number of methoxy groups -OCH3 is 3. The second-order valence-electron chi connectivity index (χ2n) is 7.47. The summed E-state index contributed by atoms with van der Waals surface area (Å²) in [4.78, 5) is 17.4. The standard InChI is InChI=1S/C27H21NO6/c1-30-18-11-8-16(9-12-18)26-28-25(27(29)34-26)20-15-23(33-21-7-5-4-6-19(20)21)17-10-13-22(31-2)24(14-17)32-3/h4-15H,1-3H3. The molecule has 0 spiro atoms. The molecule has 0 amide bonds. The molecule has 0 N–H and O–H groups in total. The minimum absolute atomic E-state index is 0.208. The molecule has 0 aromatic heterocycles. The van der Waals surface area contributed by atoms with Crippen molar-refractivity contribution < 1.29 is 28.5 Å². The molecular formula is C27H21NO6. The monoisotopic (exact) mass is 455 g/mol. The average Bonchev–Trinajstić information content (AvgIpc) is 3.28. The van der Waals surface area contributed by atoms with E-state index in [4.69, 9.17) is 23.7 Å². The molecule has 2 heterocycles. The number of esters is 1. The van der Waals surface area contributed by atoms with Crippen LogP contribution < -0.4 is 18.9 Å². The molecule has 7 nitrogen and oxygen atoms in total. The number of hydrogen-bond donors (Lipinski definition) is 0. The van der Waals surface area contributed by atoms with Gasteiger partial charge in [0.2, 0.25) is 5.90 Å². The normalized spacial score (nSPS) is 16.6. The molecular weight excluding hydrogens is 434 g/mol. The van der Waals surface area contributed by atoms with E-state index in [2.05, 4.69) is 4.99 Å². The van der Waals surface area contributed by atoms with Gasteiger partial charge in [-0.2, -0.15) is 0 Å². The highest BCUT2D eigenvalue weighted by molar-refractivity contribution is 6.15. The lowest BCUT2D eigenvalue weighted by atomic mass is 9.97. The smallest absolute Gasteiger partial charge is 0.364 e. The van der Waals surface area contributed by atoms with Crippen LogP contribution in [0.1, 0.15) is 16.7 Å². The molecule has 0 aliphatic carbocycles. The van der Waals surface area contributed by atoms with E-state index in [1.807, 2.05) is 36.4 Å². The zero-order valence-electron chi connectivity index (χ0n) is 18.8. The van der Waals surface area contributed by atoms with Gasteiger partial charge in [-0.05, 0) is 54.6 Å². The third-order valence-electron chi connectivity index (χ3n) is 5.53. The van der Waals surface area contributed by atoms with Crippen molar-refractivity contribution in [3.8, 4) is 23.0 Å². The highest BCUT2D eigenvalue weighted by Gasteiger charge is 2.30. The van der Waals surface area contributed by atoms with Gasteiger partial charge in [0.25, 0.3) is 0 Å². The summed E-state index contributed by atoms with van der Waals surface area (Å²) in [6.07, 6.45) is 1.79. The zero-order valence-corrected chi connectivity index (χ0v) is 18.8. The van der Waals surface area contributed by atoms with Crippen molar-refractivity contribution in [2.75, 3.05) is 21.3 Å². The summed E-state index contributed by atoms with van der Waals surface area (Å²) in [5.41, 5.74) is 3.00. The number of nitrogens with zero attached hydrogens (tertiary/aromatic N) is 1. The minimum Gasteiger partial charge on any atom is -0.497 e. The SMILES string of the molecule is COc1ccc(C2=NC(=C3C=C(c4ccc(OC)c(OC)c4)Oc4ccccc43)C(=O)O2)cc1. The van der Waals surface area contributed by atoms with Crippen molar-refractivity contribution in [2.45, 2.75) is 0 Å². The van der Waals surface area contributed by atoms with Crippen molar-refractivity contribution >= 4 is 23.2 Å². The van der Waals surface area contributed by atoms with E-state index in [1.54, 1.807) is 57.7 Å². The Morgan fingerprint density at radius 1 is 0.765 bits per heavy atom. The number of hydrogen-bond acceptors (Lipinski definition) is 7. The van der Waals surface area contributed by atoms with Gasteiger partial charge in [0.15, 0.2) is 17.2 Å². The van der Waals surface area contributed by atoms with Crippen molar-refractivity contribution in [3.63, 3.8) is 0 Å². The summed E-state index contributed by atoms with van der Waals surface area (Å²) in [6, 6.07) is 20.1. The van der Waals surface area contributed by atoms with Crippen LogP contribution in [0.25, 0.3) is 11.3 Å². The maximum Gasteiger partial charge on any atom is 0.364 e. The lowest BCUT2D eigenvalue weighted by Gasteiger charge is -2.21. The average molecular weight is 455 g/mol. The Balaban J connectivity index is 1.63. The second kappa shape index (κ2) is 8.78. The van der Waals surface area contributed by atoms with Gasteiger partial charge in [0.05, 0.1) is 21.3 Å². The van der Waals surface area contributed by atoms with Gasteiger partial charge in [-0.1, -0.05) is 18.2 Å². The van der Waals surface area contributed by atoms with Crippen LogP contribution in [0.15, 0.2) is 83.5 Å². The number of rotatable bonds is 5. The first-order valence-electron chi connectivity index (χ1n) is 10.5. The Morgan fingerprint density at radius 2 is 1.50 bits per heavy atom. The number of carbonyl (C=O) groups is 1. The van der Waals surface area contributed by atoms with Gasteiger partial charge in [-0.15, -0.1) is 0 Å². The topological polar surface area (TPSA) is 75.6 Å². The maximum absolute atomic E-state index is 12.9. The number of fused-ring (bicyclic) bond motifs is 1. The van der Waals surface area contributed by atoms with Crippen molar-refractivity contribution in [1.29, 1.82) is 0 Å². The van der Waals surface area contributed by atoms with E-state index in [9.17, 15) is 4.79 Å². The summed E-state index contributed by atoms with van der Waals surface area (Å²) < 4.78 is 27.7. The minimum atomic E-state index is -0.527. The highest BCUT2D eigenvalue weighted by Crippen LogP contribution is 2.41. The van der Waals surface area contributed by atoms with Gasteiger partial charge in [0.1, 0.15) is 17.3 Å². The molecule has 0 saturated heterocycles. The van der Waals surface area contributed by atoms with Crippen molar-refractivity contribution in [3.05, 3.63) is 95.2 Å². The first-order valence-corrected chi connectivity index (χ1v) is 10.5. The van der Waals surface area contributed by atoms with Gasteiger partial charge < -0.3 is 23.7 Å². The molecule has 2 aliphatic heterocycles. The molecule has 0 atom stereocenters. The zero-order chi connectivity index (χ0) is 23.7. The van der Waals surface area contributed by atoms with E-state index in [1.165, 1.54) is 0 Å². The number of aliphatic imine (C=N–C) groups is 1. The molecule has 0 radical (unpaired) electrons. The van der Waals surface area contributed by atoms with Crippen molar-refractivity contribution in [1.82, 2.24) is 0 Å². The third kappa shape index (κ3) is 3.77. The van der Waals surface area contributed by atoms with Crippen LogP contribution in [0.3, 0.4) is 0 Å². The number of para-hydroxylation sites is 1. The summed E-state index contributed by atoms with van der Waals surface area (Å²) in [7, 11) is 4.75. The number of ether oxygens (including phenoxy) is 5. The molecule has 5 rings (SSSR count). The number of benzene rings is 3. The van der Waals surface area contributed by atoms with Crippen LogP contribution >= 0.6 is 0 Å². The second-order valence-corrected chi connectivity index (χ2v) is 7.47. The van der Waals surface area contributed by atoms with Gasteiger partial charge in [-0.3, -0.25) is 0 Å². The van der Waals surface area contributed by atoms with E-state index in [-0.39, 0.29) is 11.6 Å². The molecule has 34 heavy (non-hydrogen) atoms. The molecule has 0 unspecified atom stereocenters. The first kappa shape index (κ1) is 21.3. The molecule has 0 saturated carbocycles. The van der Waals surface area contributed by atoms with Crippen molar-refractivity contribution in [2.24, 2.45) is 4.99 Å². The molecule has 3 aromatic carbocycles. The number of cyclic esters (lactones) is 1. The van der Waals surface area contributed by atoms with Crippen LogP contribution in [-0.4, -0.2) is 33.2 Å². The lowest BCUT2D eigenvalue weighted by molar-refractivity contribution is -0.129. The van der Waals surface area contributed by atoms with Gasteiger partial charge >= 0.3 is 5.97 Å². The van der Waals surface area contributed by atoms with Crippen LogP contribution in [0.4, 0.5) is 0 Å².